The second kappa shape index (κ2) is 12.0. The Kier molecular flexibility index (Phi) is 8.47. The zero-order valence-electron chi connectivity index (χ0n) is 31.4. The van der Waals surface area contributed by atoms with Crippen LogP contribution >= 0.6 is 35.3 Å². The third kappa shape index (κ3) is 6.45. The molecule has 0 aromatic carbocycles. The number of pyridine rings is 3. The first kappa shape index (κ1) is 35.9. The topological polar surface area (TPSA) is 114 Å². The Hall–Kier alpha value is -3.48. The van der Waals surface area contributed by atoms with E-state index in [-0.39, 0.29) is 30.9 Å². The molecule has 0 saturated heterocycles. The predicted molar refractivity (Wildman–Crippen MR) is 216 cm³/mol. The van der Waals surface area contributed by atoms with E-state index in [0.29, 0.717) is 17.5 Å². The third-order valence-corrected chi connectivity index (χ3v) is 15.5. The summed E-state index contributed by atoms with van der Waals surface area (Å²) < 4.78 is -0.0869. The van der Waals surface area contributed by atoms with Gasteiger partial charge in [0.2, 0.25) is 0 Å². The highest BCUT2D eigenvalue weighted by Gasteiger charge is 2.46. The predicted octanol–water partition coefficient (Wildman–Crippen LogP) is 9.21. The van der Waals surface area contributed by atoms with Crippen molar-refractivity contribution < 1.29 is 0 Å². The first-order chi connectivity index (χ1) is 23.7. The molecular weight excluding hydrogens is 691 g/mol. The van der Waals surface area contributed by atoms with Crippen molar-refractivity contribution in [3.8, 4) is 34.2 Å². The van der Waals surface area contributed by atoms with Crippen LogP contribution in [-0.2, 0) is 0 Å². The van der Waals surface area contributed by atoms with E-state index >= 15 is 0 Å². The van der Waals surface area contributed by atoms with Gasteiger partial charge in [-0.2, -0.15) is 0 Å². The molecule has 0 amide bonds. The van der Waals surface area contributed by atoms with Crippen molar-refractivity contribution in [2.75, 3.05) is 0 Å². The van der Waals surface area contributed by atoms with E-state index in [2.05, 4.69) is 83.1 Å². The first-order valence-corrected chi connectivity index (χ1v) is 19.7. The molecule has 0 fully saturated rings. The molecule has 0 saturated carbocycles. The molecule has 4 aromatic heterocycles. The van der Waals surface area contributed by atoms with Crippen molar-refractivity contribution in [1.29, 1.82) is 0 Å². The largest absolute Gasteiger partial charge is 0.269 e. The van der Waals surface area contributed by atoms with E-state index in [1.165, 1.54) is 0 Å². The smallest absolute Gasteiger partial charge is 0.165 e. The normalized spacial score (nSPS) is 22.0. The van der Waals surface area contributed by atoms with Crippen molar-refractivity contribution in [2.24, 2.45) is 15.0 Å². The Bertz CT molecular complexity index is 1860. The molecule has 0 unspecified atom stereocenters. The molecule has 51 heavy (non-hydrogen) atoms. The summed E-state index contributed by atoms with van der Waals surface area (Å²) in [4.78, 5) is 44.3. The van der Waals surface area contributed by atoms with E-state index in [1.807, 2.05) is 55.0 Å². The minimum absolute atomic E-state index is 0.0290. The van der Waals surface area contributed by atoms with Gasteiger partial charge in [0.1, 0.15) is 15.1 Å². The molecule has 0 spiro atoms. The molecule has 3 aliphatic rings. The third-order valence-electron chi connectivity index (χ3n) is 11.0. The molecule has 0 atom stereocenters. The highest BCUT2D eigenvalue weighted by Crippen LogP contribution is 2.48. The molecule has 0 radical (unpaired) electrons. The standard InChI is InChI=1S/C39H45N9S3/c1-34(2)37(7,8)49-31(46-34)25-16-13-22(19-40-25)28-43-29(23-14-17-26(41-20-23)32-47-35(3,4)38(9,10)50-32)45-30(44-28)24-15-18-27(42-21-24)33-48-36(5,6)39(11,12)51-33/h13-21H,1-12H3. The average molecular weight is 736 g/mol. The van der Waals surface area contributed by atoms with Gasteiger partial charge in [-0.25, -0.2) is 15.0 Å². The Balaban J connectivity index is 1.25. The summed E-state index contributed by atoms with van der Waals surface area (Å²) in [5.41, 5.74) is 4.29. The SMILES string of the molecule is CC1(C)N=C(c2ccc(-c3nc(-c4ccc(C5=NC(C)(C)C(C)(C)S5)nc4)nc(-c4ccc(C5=NC(C)(C)C(C)(C)S5)nc4)n3)cn2)SC1(C)C. The van der Waals surface area contributed by atoms with E-state index in [9.17, 15) is 0 Å². The summed E-state index contributed by atoms with van der Waals surface area (Å²) in [5.74, 6) is 1.55. The van der Waals surface area contributed by atoms with Crippen LogP contribution < -0.4 is 0 Å². The minimum Gasteiger partial charge on any atom is -0.269 e. The fourth-order valence-electron chi connectivity index (χ4n) is 5.38. The molecule has 9 nitrogen and oxygen atoms in total. The molecule has 7 rings (SSSR count). The van der Waals surface area contributed by atoms with Crippen LogP contribution in [0.2, 0.25) is 0 Å². The van der Waals surface area contributed by atoms with Gasteiger partial charge in [0.05, 0.1) is 33.7 Å². The maximum absolute atomic E-state index is 5.00. The molecule has 3 aliphatic heterocycles. The van der Waals surface area contributed by atoms with Crippen molar-refractivity contribution in [2.45, 2.75) is 114 Å². The van der Waals surface area contributed by atoms with Crippen molar-refractivity contribution in [1.82, 2.24) is 29.9 Å². The van der Waals surface area contributed by atoms with E-state index in [4.69, 9.17) is 44.9 Å². The highest BCUT2D eigenvalue weighted by atomic mass is 32.2. The van der Waals surface area contributed by atoms with Crippen molar-refractivity contribution >= 4 is 50.4 Å². The maximum Gasteiger partial charge on any atom is 0.165 e. The molecule has 4 aromatic rings. The van der Waals surface area contributed by atoms with Gasteiger partial charge >= 0.3 is 0 Å². The second-order valence-electron chi connectivity index (χ2n) is 16.4. The van der Waals surface area contributed by atoms with E-state index in [0.717, 1.165) is 48.9 Å². The summed E-state index contributed by atoms with van der Waals surface area (Å²) in [6.45, 7) is 26.4. The molecule has 0 bridgehead atoms. The van der Waals surface area contributed by atoms with Crippen LogP contribution in [-0.4, -0.2) is 75.9 Å². The molecule has 12 heteroatoms. The Labute approximate surface area is 314 Å². The number of aliphatic imine (C=N–C) groups is 3. The fourth-order valence-corrected chi connectivity index (χ4v) is 9.22. The fraction of sp³-hybridized carbons (Fsp3) is 0.462. The Morgan fingerprint density at radius 1 is 0.373 bits per heavy atom. The first-order valence-electron chi connectivity index (χ1n) is 17.2. The van der Waals surface area contributed by atoms with Crippen LogP contribution in [0.4, 0.5) is 0 Å². The van der Waals surface area contributed by atoms with Gasteiger partial charge in [-0.05, 0) is 119 Å². The highest BCUT2D eigenvalue weighted by molar-refractivity contribution is 8.16. The number of hydrogen-bond acceptors (Lipinski definition) is 12. The number of thioether (sulfide) groups is 3. The summed E-state index contributed by atoms with van der Waals surface area (Å²) in [7, 11) is 0. The number of hydrogen-bond donors (Lipinski definition) is 0. The van der Waals surface area contributed by atoms with Gasteiger partial charge in [0.15, 0.2) is 17.5 Å². The average Bonchev–Trinajstić information content (AvgIpc) is 3.53. The maximum atomic E-state index is 5.00. The number of aromatic nitrogens is 6. The molecule has 0 N–H and O–H groups in total. The van der Waals surface area contributed by atoms with Gasteiger partial charge in [0.25, 0.3) is 0 Å². The zero-order chi connectivity index (χ0) is 36.8. The summed E-state index contributed by atoms with van der Waals surface area (Å²) >= 11 is 5.28. The monoisotopic (exact) mass is 735 g/mol. The molecule has 264 valence electrons. The van der Waals surface area contributed by atoms with Gasteiger partial charge < -0.3 is 0 Å². The lowest BCUT2D eigenvalue weighted by Gasteiger charge is -2.30. The van der Waals surface area contributed by atoms with Gasteiger partial charge in [-0.15, -0.1) is 0 Å². The summed E-state index contributed by atoms with van der Waals surface area (Å²) in [5, 5.41) is 2.83. The van der Waals surface area contributed by atoms with Crippen LogP contribution in [0.5, 0.6) is 0 Å². The van der Waals surface area contributed by atoms with E-state index < -0.39 is 0 Å². The lowest BCUT2D eigenvalue weighted by Crippen LogP contribution is -2.36. The molecule has 0 aliphatic carbocycles. The van der Waals surface area contributed by atoms with Crippen LogP contribution in [0.3, 0.4) is 0 Å². The van der Waals surface area contributed by atoms with Crippen molar-refractivity contribution in [3.05, 3.63) is 72.1 Å². The minimum atomic E-state index is -0.191. The van der Waals surface area contributed by atoms with Crippen LogP contribution in [0.1, 0.15) is 100 Å². The van der Waals surface area contributed by atoms with Gasteiger partial charge in [0, 0.05) is 49.5 Å². The Morgan fingerprint density at radius 3 is 0.804 bits per heavy atom. The van der Waals surface area contributed by atoms with Gasteiger partial charge in [-0.3, -0.25) is 29.9 Å². The van der Waals surface area contributed by atoms with Crippen LogP contribution in [0.15, 0.2) is 70.0 Å². The molecule has 7 heterocycles. The van der Waals surface area contributed by atoms with Gasteiger partial charge in [-0.1, -0.05) is 35.3 Å². The van der Waals surface area contributed by atoms with Crippen LogP contribution in [0, 0.1) is 0 Å². The number of rotatable bonds is 6. The lowest BCUT2D eigenvalue weighted by molar-refractivity contribution is 0.426. The molecular formula is C39H45N9S3. The zero-order valence-corrected chi connectivity index (χ0v) is 33.9. The van der Waals surface area contributed by atoms with Crippen LogP contribution in [0.25, 0.3) is 34.2 Å². The lowest BCUT2D eigenvalue weighted by atomic mass is 9.91. The Morgan fingerprint density at radius 2 is 0.627 bits per heavy atom. The summed E-state index contributed by atoms with van der Waals surface area (Å²) in [6, 6.07) is 12.0. The second-order valence-corrected chi connectivity index (χ2v) is 21.2. The van der Waals surface area contributed by atoms with E-state index in [1.54, 1.807) is 35.3 Å². The quantitative estimate of drug-likeness (QED) is 0.191. The summed E-state index contributed by atoms with van der Waals surface area (Å²) in [6.07, 6.45) is 5.46. The number of nitrogens with zero attached hydrogens (tertiary/aromatic N) is 9. The van der Waals surface area contributed by atoms with Crippen molar-refractivity contribution in [3.63, 3.8) is 0 Å².